The molecule has 0 spiro atoms. The van der Waals surface area contributed by atoms with Gasteiger partial charge >= 0.3 is 0 Å². The molecule has 4 aromatic rings. The molecule has 27 heavy (non-hydrogen) atoms. The summed E-state index contributed by atoms with van der Waals surface area (Å²) in [6.07, 6.45) is 20.9. The van der Waals surface area contributed by atoms with Gasteiger partial charge in [-0.25, -0.2) is 18.7 Å². The molecule has 0 radical (unpaired) electrons. The van der Waals surface area contributed by atoms with E-state index in [-0.39, 0.29) is 12.3 Å². The lowest BCUT2D eigenvalue weighted by molar-refractivity contribution is 0.308. The van der Waals surface area contributed by atoms with Gasteiger partial charge in [0.15, 0.2) is 0 Å². The van der Waals surface area contributed by atoms with E-state index in [1.807, 2.05) is 92.6 Å². The fourth-order valence-corrected chi connectivity index (χ4v) is 3.43. The van der Waals surface area contributed by atoms with Crippen LogP contribution in [0.3, 0.4) is 0 Å². The highest BCUT2D eigenvalue weighted by Gasteiger charge is 2.15. The lowest BCUT2D eigenvalue weighted by Gasteiger charge is -2.20. The average molecular weight is 364 g/mol. The first kappa shape index (κ1) is 17.3. The maximum absolute atomic E-state index is 4.40. The molecule has 0 aliphatic rings. The van der Waals surface area contributed by atoms with Gasteiger partial charge in [-0.1, -0.05) is 6.42 Å². The van der Waals surface area contributed by atoms with Gasteiger partial charge in [0, 0.05) is 49.6 Å². The Bertz CT molecular complexity index is 720. The van der Waals surface area contributed by atoms with Crippen molar-refractivity contribution in [2.75, 3.05) is 0 Å². The summed E-state index contributed by atoms with van der Waals surface area (Å²) >= 11 is 0. The minimum absolute atomic E-state index is 0.128. The van der Waals surface area contributed by atoms with Crippen LogP contribution in [-0.2, 0) is 0 Å². The molecule has 0 aliphatic carbocycles. The maximum Gasteiger partial charge on any atom is 0.143 e. The normalized spacial score (nSPS) is 11.6. The maximum atomic E-state index is 4.40. The van der Waals surface area contributed by atoms with Crippen molar-refractivity contribution in [3.05, 3.63) is 73.8 Å². The zero-order valence-corrected chi connectivity index (χ0v) is 15.2. The van der Waals surface area contributed by atoms with Crippen molar-refractivity contribution in [3.63, 3.8) is 0 Å². The highest BCUT2D eigenvalue weighted by atomic mass is 15.4. The predicted molar refractivity (Wildman–Crippen MR) is 101 cm³/mol. The van der Waals surface area contributed by atoms with Crippen LogP contribution < -0.4 is 0 Å². The van der Waals surface area contributed by atoms with Gasteiger partial charge in [-0.05, 0) is 49.9 Å². The first-order chi connectivity index (χ1) is 13.4. The molecule has 0 saturated carbocycles. The summed E-state index contributed by atoms with van der Waals surface area (Å²) in [5, 5.41) is 17.6. The molecular weight excluding hydrogens is 340 g/mol. The first-order valence-electron chi connectivity index (χ1n) is 9.38. The third-order valence-corrected chi connectivity index (χ3v) is 4.75. The molecule has 0 bridgehead atoms. The van der Waals surface area contributed by atoms with Gasteiger partial charge in [0.05, 0.1) is 0 Å². The van der Waals surface area contributed by atoms with Crippen LogP contribution in [-0.4, -0.2) is 39.1 Å². The highest BCUT2D eigenvalue weighted by molar-refractivity contribution is 4.87. The lowest BCUT2D eigenvalue weighted by atomic mass is 10.1. The van der Waals surface area contributed by atoms with Gasteiger partial charge in [0.25, 0.3) is 0 Å². The molecule has 0 amide bonds. The van der Waals surface area contributed by atoms with Crippen LogP contribution in [0, 0.1) is 0 Å². The first-order valence-corrected chi connectivity index (χ1v) is 9.38. The Kier molecular flexibility index (Phi) is 5.42. The summed E-state index contributed by atoms with van der Waals surface area (Å²) in [6.45, 7) is 0. The van der Waals surface area contributed by atoms with E-state index in [0.717, 1.165) is 32.1 Å². The van der Waals surface area contributed by atoms with Crippen LogP contribution in [0.5, 0.6) is 0 Å². The smallest absolute Gasteiger partial charge is 0.143 e. The van der Waals surface area contributed by atoms with Gasteiger partial charge in [-0.2, -0.15) is 20.4 Å². The second-order valence-corrected chi connectivity index (χ2v) is 6.54. The fourth-order valence-electron chi connectivity index (χ4n) is 3.43. The summed E-state index contributed by atoms with van der Waals surface area (Å²) < 4.78 is 7.90. The minimum Gasteiger partial charge on any atom is -0.248 e. The van der Waals surface area contributed by atoms with E-state index in [1.165, 1.54) is 0 Å². The van der Waals surface area contributed by atoms with Crippen LogP contribution in [0.15, 0.2) is 73.8 Å². The molecule has 0 fully saturated rings. The molecule has 0 N–H and O–H groups in total. The lowest BCUT2D eigenvalue weighted by Crippen LogP contribution is -2.20. The van der Waals surface area contributed by atoms with Crippen molar-refractivity contribution < 1.29 is 0 Å². The van der Waals surface area contributed by atoms with Crippen molar-refractivity contribution in [2.24, 2.45) is 0 Å². The number of rotatable bonds is 10. The number of hydrogen-bond donors (Lipinski definition) is 0. The van der Waals surface area contributed by atoms with Crippen LogP contribution in [0.2, 0.25) is 0 Å². The van der Waals surface area contributed by atoms with Crippen molar-refractivity contribution in [2.45, 2.75) is 44.4 Å². The largest absolute Gasteiger partial charge is 0.248 e. The van der Waals surface area contributed by atoms with Gasteiger partial charge in [0.1, 0.15) is 12.3 Å². The van der Waals surface area contributed by atoms with Crippen LogP contribution in [0.4, 0.5) is 0 Å². The predicted octanol–water partition coefficient (Wildman–Crippen LogP) is 3.22. The fraction of sp³-hybridized carbons (Fsp3) is 0.368. The molecule has 0 unspecified atom stereocenters. The second kappa shape index (κ2) is 8.48. The van der Waals surface area contributed by atoms with Crippen molar-refractivity contribution in [1.29, 1.82) is 0 Å². The number of unbranched alkanes of at least 4 members (excludes halogenated alkanes) is 2. The molecule has 0 atom stereocenters. The van der Waals surface area contributed by atoms with Gasteiger partial charge in [-0.3, -0.25) is 0 Å². The van der Waals surface area contributed by atoms with Gasteiger partial charge in [0.2, 0.25) is 0 Å². The van der Waals surface area contributed by atoms with E-state index < -0.39 is 0 Å². The summed E-state index contributed by atoms with van der Waals surface area (Å²) in [5.41, 5.74) is 0. The molecule has 0 aromatic carbocycles. The van der Waals surface area contributed by atoms with Crippen LogP contribution in [0.1, 0.15) is 44.4 Å². The Morgan fingerprint density at radius 3 is 1.07 bits per heavy atom. The third kappa shape index (κ3) is 4.16. The van der Waals surface area contributed by atoms with Gasteiger partial charge < -0.3 is 0 Å². The zero-order chi connectivity index (χ0) is 18.3. The number of aromatic nitrogens is 8. The molecule has 0 aliphatic heterocycles. The number of nitrogens with zero attached hydrogens (tertiary/aromatic N) is 8. The van der Waals surface area contributed by atoms with Crippen molar-refractivity contribution in [3.8, 4) is 0 Å². The van der Waals surface area contributed by atoms with Crippen LogP contribution in [0.25, 0.3) is 0 Å². The Morgan fingerprint density at radius 1 is 0.481 bits per heavy atom. The SMILES string of the molecule is c1cnn(C(CCCCCC(n2cccn2)n2cccn2)n2cccn2)c1. The third-order valence-electron chi connectivity index (χ3n) is 4.75. The topological polar surface area (TPSA) is 71.3 Å². The zero-order valence-electron chi connectivity index (χ0n) is 15.2. The van der Waals surface area contributed by atoms with Crippen LogP contribution >= 0.6 is 0 Å². The molecule has 8 nitrogen and oxygen atoms in total. The van der Waals surface area contributed by atoms with E-state index >= 15 is 0 Å². The summed E-state index contributed by atoms with van der Waals surface area (Å²) in [6, 6.07) is 7.81. The second-order valence-electron chi connectivity index (χ2n) is 6.54. The molecule has 4 heterocycles. The Hall–Kier alpha value is -3.16. The average Bonchev–Trinajstić information content (AvgIpc) is 3.51. The monoisotopic (exact) mass is 364 g/mol. The number of hydrogen-bond acceptors (Lipinski definition) is 4. The molecule has 0 saturated heterocycles. The molecule has 4 rings (SSSR count). The molecule has 140 valence electrons. The van der Waals surface area contributed by atoms with E-state index in [1.54, 1.807) is 0 Å². The van der Waals surface area contributed by atoms with E-state index in [4.69, 9.17) is 0 Å². The molecule has 4 aromatic heterocycles. The Labute approximate surface area is 158 Å². The minimum atomic E-state index is 0.128. The van der Waals surface area contributed by atoms with E-state index in [0.29, 0.717) is 0 Å². The summed E-state index contributed by atoms with van der Waals surface area (Å²) in [5.74, 6) is 0. The quantitative estimate of drug-likeness (QED) is 0.405. The molecular formula is C19H24N8. The molecule has 8 heteroatoms. The summed E-state index contributed by atoms with van der Waals surface area (Å²) in [4.78, 5) is 0. The van der Waals surface area contributed by atoms with Crippen molar-refractivity contribution in [1.82, 2.24) is 39.1 Å². The van der Waals surface area contributed by atoms with Gasteiger partial charge in [-0.15, -0.1) is 0 Å². The highest BCUT2D eigenvalue weighted by Crippen LogP contribution is 2.20. The Morgan fingerprint density at radius 2 is 0.815 bits per heavy atom. The van der Waals surface area contributed by atoms with Crippen molar-refractivity contribution >= 4 is 0 Å². The summed E-state index contributed by atoms with van der Waals surface area (Å²) in [7, 11) is 0. The standard InChI is InChI=1S/C19H24N8/c1(2-8-18(24-14-4-10-20-24)25-15-5-11-21-25)3-9-19(26-16-6-12-22-26)27-17-7-13-23-27/h4-7,10-19H,1-3,8-9H2. The van der Waals surface area contributed by atoms with E-state index in [2.05, 4.69) is 20.4 Å². The van der Waals surface area contributed by atoms with E-state index in [9.17, 15) is 0 Å². The Balaban J connectivity index is 1.31.